The molecule has 0 saturated heterocycles. The molecule has 0 aliphatic heterocycles. The van der Waals surface area contributed by atoms with E-state index in [9.17, 15) is 8.42 Å². The SMILES string of the molecule is CNCc1cc(S(=O)(=O)N(C)CCOC(C)C)c(Br)s1. The summed E-state index contributed by atoms with van der Waals surface area (Å²) in [5, 5.41) is 3.01. The van der Waals surface area contributed by atoms with Crippen LogP contribution in [0.2, 0.25) is 0 Å². The first-order chi connectivity index (χ1) is 9.28. The van der Waals surface area contributed by atoms with Gasteiger partial charge in [0.1, 0.15) is 4.90 Å². The molecule has 8 heteroatoms. The van der Waals surface area contributed by atoms with Crippen LogP contribution in [-0.2, 0) is 21.3 Å². The standard InChI is InChI=1S/C12H21BrN2O3S2/c1-9(2)18-6-5-15(4)20(16,17)11-7-10(8-14-3)19-12(11)13/h7,9,14H,5-6,8H2,1-4H3. The Hall–Kier alpha value is 0.01000. The van der Waals surface area contributed by atoms with E-state index in [1.54, 1.807) is 13.1 Å². The smallest absolute Gasteiger partial charge is 0.244 e. The third kappa shape index (κ3) is 4.78. The van der Waals surface area contributed by atoms with Crippen LogP contribution >= 0.6 is 27.3 Å². The van der Waals surface area contributed by atoms with Gasteiger partial charge in [-0.15, -0.1) is 11.3 Å². The van der Waals surface area contributed by atoms with E-state index >= 15 is 0 Å². The number of sulfonamides is 1. The fraction of sp³-hybridized carbons (Fsp3) is 0.667. The van der Waals surface area contributed by atoms with E-state index in [1.807, 2.05) is 20.9 Å². The Bertz CT molecular complexity index is 529. The van der Waals surface area contributed by atoms with Gasteiger partial charge < -0.3 is 10.1 Å². The zero-order valence-corrected chi connectivity index (χ0v) is 15.4. The van der Waals surface area contributed by atoms with Crippen molar-refractivity contribution < 1.29 is 13.2 Å². The van der Waals surface area contributed by atoms with Crippen molar-refractivity contribution in [3.8, 4) is 0 Å². The molecular formula is C12H21BrN2O3S2. The Morgan fingerprint density at radius 1 is 1.50 bits per heavy atom. The van der Waals surface area contributed by atoms with Gasteiger partial charge in [-0.05, 0) is 42.9 Å². The summed E-state index contributed by atoms with van der Waals surface area (Å²) in [6.45, 7) is 5.23. The second kappa shape index (κ2) is 7.86. The lowest BCUT2D eigenvalue weighted by Gasteiger charge is -2.17. The molecule has 0 fully saturated rings. The highest BCUT2D eigenvalue weighted by Crippen LogP contribution is 2.33. The van der Waals surface area contributed by atoms with E-state index in [4.69, 9.17) is 4.74 Å². The van der Waals surface area contributed by atoms with E-state index in [0.717, 1.165) is 4.88 Å². The normalized spacial score (nSPS) is 12.6. The molecule has 20 heavy (non-hydrogen) atoms. The summed E-state index contributed by atoms with van der Waals surface area (Å²) in [6, 6.07) is 1.71. The van der Waals surface area contributed by atoms with Gasteiger partial charge >= 0.3 is 0 Å². The van der Waals surface area contributed by atoms with Gasteiger partial charge in [-0.1, -0.05) is 0 Å². The number of rotatable bonds is 8. The molecule has 1 heterocycles. The van der Waals surface area contributed by atoms with Crippen LogP contribution in [0, 0.1) is 0 Å². The third-order valence-electron chi connectivity index (χ3n) is 2.60. The number of hydrogen-bond acceptors (Lipinski definition) is 5. The minimum absolute atomic E-state index is 0.0984. The third-order valence-corrected chi connectivity index (χ3v) is 6.71. The first kappa shape index (κ1) is 18.1. The summed E-state index contributed by atoms with van der Waals surface area (Å²) in [5.74, 6) is 0. The minimum Gasteiger partial charge on any atom is -0.377 e. The van der Waals surface area contributed by atoms with Gasteiger partial charge in [-0.3, -0.25) is 0 Å². The van der Waals surface area contributed by atoms with E-state index < -0.39 is 10.0 Å². The van der Waals surface area contributed by atoms with Crippen LogP contribution in [0.4, 0.5) is 0 Å². The van der Waals surface area contributed by atoms with Crippen molar-refractivity contribution in [3.63, 3.8) is 0 Å². The number of hydrogen-bond donors (Lipinski definition) is 1. The Balaban J connectivity index is 2.81. The van der Waals surface area contributed by atoms with Crippen LogP contribution in [0.1, 0.15) is 18.7 Å². The van der Waals surface area contributed by atoms with E-state index in [-0.39, 0.29) is 6.10 Å². The summed E-state index contributed by atoms with van der Waals surface area (Å²) in [6.07, 6.45) is 0.0984. The summed E-state index contributed by atoms with van der Waals surface area (Å²) >= 11 is 4.77. The molecule has 0 aliphatic carbocycles. The van der Waals surface area contributed by atoms with Gasteiger partial charge in [0.2, 0.25) is 10.0 Å². The lowest BCUT2D eigenvalue weighted by Crippen LogP contribution is -2.30. The first-order valence-electron chi connectivity index (χ1n) is 6.29. The number of halogens is 1. The minimum atomic E-state index is -3.48. The van der Waals surface area contributed by atoms with Crippen LogP contribution in [0.3, 0.4) is 0 Å². The second-order valence-electron chi connectivity index (χ2n) is 4.63. The van der Waals surface area contributed by atoms with Gasteiger partial charge in [0, 0.05) is 25.0 Å². The number of thiophene rings is 1. The molecule has 1 aromatic heterocycles. The van der Waals surface area contributed by atoms with Gasteiger partial charge in [0.25, 0.3) is 0 Å². The number of nitrogens with one attached hydrogen (secondary N) is 1. The molecule has 0 unspecified atom stereocenters. The maximum absolute atomic E-state index is 12.5. The largest absolute Gasteiger partial charge is 0.377 e. The molecule has 116 valence electrons. The van der Waals surface area contributed by atoms with Gasteiger partial charge in [-0.25, -0.2) is 8.42 Å². The predicted molar refractivity (Wildman–Crippen MR) is 85.7 cm³/mol. The number of likely N-dealkylation sites (N-methyl/N-ethyl adjacent to an activating group) is 1. The molecule has 1 rings (SSSR count). The molecule has 0 spiro atoms. The molecular weight excluding hydrogens is 364 g/mol. The van der Waals surface area contributed by atoms with Gasteiger partial charge in [-0.2, -0.15) is 4.31 Å². The highest BCUT2D eigenvalue weighted by Gasteiger charge is 2.25. The molecule has 0 amide bonds. The van der Waals surface area contributed by atoms with E-state index in [0.29, 0.717) is 28.4 Å². The van der Waals surface area contributed by atoms with Crippen LogP contribution in [0.25, 0.3) is 0 Å². The van der Waals surface area contributed by atoms with Crippen molar-refractivity contribution in [2.45, 2.75) is 31.4 Å². The molecule has 1 aromatic rings. The summed E-state index contributed by atoms with van der Waals surface area (Å²) in [7, 11) is -0.0751. The summed E-state index contributed by atoms with van der Waals surface area (Å²) in [5.41, 5.74) is 0. The molecule has 0 aliphatic rings. The van der Waals surface area contributed by atoms with Crippen molar-refractivity contribution in [3.05, 3.63) is 14.7 Å². The first-order valence-corrected chi connectivity index (χ1v) is 9.34. The zero-order chi connectivity index (χ0) is 15.3. The monoisotopic (exact) mass is 384 g/mol. The zero-order valence-electron chi connectivity index (χ0n) is 12.1. The quantitative estimate of drug-likeness (QED) is 0.746. The molecule has 0 atom stereocenters. The van der Waals surface area contributed by atoms with Crippen LogP contribution in [0.5, 0.6) is 0 Å². The Kier molecular flexibility index (Phi) is 7.10. The van der Waals surface area contributed by atoms with E-state index in [2.05, 4.69) is 21.2 Å². The maximum atomic E-state index is 12.5. The molecule has 5 nitrogen and oxygen atoms in total. The van der Waals surface area contributed by atoms with Crippen molar-refractivity contribution in [2.75, 3.05) is 27.2 Å². The lowest BCUT2D eigenvalue weighted by atomic mass is 10.5. The molecule has 0 aromatic carbocycles. The summed E-state index contributed by atoms with van der Waals surface area (Å²) in [4.78, 5) is 1.30. The molecule has 0 bridgehead atoms. The Morgan fingerprint density at radius 2 is 2.15 bits per heavy atom. The fourth-order valence-corrected chi connectivity index (χ4v) is 5.34. The average Bonchev–Trinajstić information content (AvgIpc) is 2.70. The number of ether oxygens (including phenoxy) is 1. The molecule has 1 N–H and O–H groups in total. The van der Waals surface area contributed by atoms with Gasteiger partial charge in [0.15, 0.2) is 0 Å². The highest BCUT2D eigenvalue weighted by molar-refractivity contribution is 9.11. The summed E-state index contributed by atoms with van der Waals surface area (Å²) < 4.78 is 32.3. The topological polar surface area (TPSA) is 58.6 Å². The average molecular weight is 385 g/mol. The fourth-order valence-electron chi connectivity index (χ4n) is 1.54. The predicted octanol–water partition coefficient (Wildman–Crippen LogP) is 2.28. The molecule has 0 saturated carbocycles. The molecule has 0 radical (unpaired) electrons. The Labute approximate surface area is 133 Å². The van der Waals surface area contributed by atoms with Crippen molar-refractivity contribution in [1.82, 2.24) is 9.62 Å². The van der Waals surface area contributed by atoms with Crippen molar-refractivity contribution in [1.29, 1.82) is 0 Å². The van der Waals surface area contributed by atoms with Crippen molar-refractivity contribution in [2.24, 2.45) is 0 Å². The Morgan fingerprint density at radius 3 is 2.70 bits per heavy atom. The van der Waals surface area contributed by atoms with Crippen molar-refractivity contribution >= 4 is 37.3 Å². The lowest BCUT2D eigenvalue weighted by molar-refractivity contribution is 0.0737. The van der Waals surface area contributed by atoms with Crippen LogP contribution in [-0.4, -0.2) is 46.1 Å². The highest BCUT2D eigenvalue weighted by atomic mass is 79.9. The van der Waals surface area contributed by atoms with E-state index in [1.165, 1.54) is 15.6 Å². The number of nitrogens with zero attached hydrogens (tertiary/aromatic N) is 1. The van der Waals surface area contributed by atoms with Crippen LogP contribution < -0.4 is 5.32 Å². The van der Waals surface area contributed by atoms with Crippen LogP contribution in [0.15, 0.2) is 14.7 Å². The second-order valence-corrected chi connectivity index (χ2v) is 9.10. The van der Waals surface area contributed by atoms with Gasteiger partial charge in [0.05, 0.1) is 16.5 Å². The maximum Gasteiger partial charge on any atom is 0.244 e.